The number of guanidine groups is 1. The van der Waals surface area contributed by atoms with Gasteiger partial charge in [-0.3, -0.25) is 4.90 Å². The van der Waals surface area contributed by atoms with Gasteiger partial charge in [-0.2, -0.15) is 0 Å². The molecule has 1 saturated carbocycles. The number of hydrogen-bond donors (Lipinski definition) is 1. The van der Waals surface area contributed by atoms with Gasteiger partial charge in [-0.05, 0) is 71.1 Å². The predicted octanol–water partition coefficient (Wildman–Crippen LogP) is 4.33. The summed E-state index contributed by atoms with van der Waals surface area (Å²) in [5.41, 5.74) is 2.61. The molecule has 0 aromatic heterocycles. The van der Waals surface area contributed by atoms with E-state index in [4.69, 9.17) is 14.5 Å². The van der Waals surface area contributed by atoms with Crippen LogP contribution in [0.25, 0.3) is 0 Å². The second-order valence-corrected chi connectivity index (χ2v) is 9.98. The third-order valence-corrected chi connectivity index (χ3v) is 5.69. The van der Waals surface area contributed by atoms with Crippen LogP contribution in [0.3, 0.4) is 0 Å². The fraction of sp³-hybridized carbons (Fsp3) is 0.680. The van der Waals surface area contributed by atoms with Crippen LogP contribution in [0.2, 0.25) is 0 Å². The normalized spacial score (nSPS) is 19.1. The summed E-state index contributed by atoms with van der Waals surface area (Å²) in [6.07, 6.45) is 2.89. The van der Waals surface area contributed by atoms with Gasteiger partial charge in [0.05, 0.1) is 18.8 Å². The van der Waals surface area contributed by atoms with Gasteiger partial charge in [0.25, 0.3) is 0 Å². The van der Waals surface area contributed by atoms with Crippen molar-refractivity contribution >= 4 is 17.7 Å². The minimum Gasteiger partial charge on any atom is -0.443 e. The van der Waals surface area contributed by atoms with E-state index in [-0.39, 0.29) is 12.1 Å². The highest BCUT2D eigenvalue weighted by atomic mass is 16.6. The van der Waals surface area contributed by atoms with E-state index < -0.39 is 5.60 Å². The number of anilines is 1. The van der Waals surface area contributed by atoms with Crippen molar-refractivity contribution in [2.24, 2.45) is 10.9 Å². The zero-order valence-corrected chi connectivity index (χ0v) is 20.6. The summed E-state index contributed by atoms with van der Waals surface area (Å²) in [5, 5.41) is 3.40. The van der Waals surface area contributed by atoms with Crippen molar-refractivity contribution in [2.75, 3.05) is 38.3 Å². The molecule has 0 spiro atoms. The summed E-state index contributed by atoms with van der Waals surface area (Å²) in [6, 6.07) is 6.47. The molecule has 1 atom stereocenters. The molecule has 1 amide bonds. The number of nitrogens with one attached hydrogen (secondary N) is 1. The SMILES string of the molecule is CCNC(=NCc1ccc(N(C(=O)OC(C)(C)C)C2CC2)c(C)c1)N(C)CC1CCOC1. The van der Waals surface area contributed by atoms with E-state index in [1.54, 1.807) is 0 Å². The molecule has 1 aromatic rings. The molecular weight excluding hydrogens is 404 g/mol. The number of amides is 1. The first-order chi connectivity index (χ1) is 15.2. The monoisotopic (exact) mass is 444 g/mol. The van der Waals surface area contributed by atoms with Gasteiger partial charge in [0.15, 0.2) is 5.96 Å². The predicted molar refractivity (Wildman–Crippen MR) is 129 cm³/mol. The van der Waals surface area contributed by atoms with E-state index in [0.717, 1.165) is 68.3 Å². The standard InChI is InChI=1S/C25H40N4O3/c1-7-26-23(28(6)16-20-12-13-31-17-20)27-15-19-8-11-22(18(2)14-19)29(21-9-10-21)24(30)32-25(3,4)5/h8,11,14,20-21H,7,9-10,12-13,15-17H2,1-6H3,(H,26,27). The van der Waals surface area contributed by atoms with Crippen molar-refractivity contribution in [3.8, 4) is 0 Å². The third-order valence-electron chi connectivity index (χ3n) is 5.69. The molecule has 178 valence electrons. The van der Waals surface area contributed by atoms with E-state index in [2.05, 4.69) is 43.2 Å². The van der Waals surface area contributed by atoms with Crippen LogP contribution in [0.5, 0.6) is 0 Å². The highest BCUT2D eigenvalue weighted by Gasteiger charge is 2.37. The van der Waals surface area contributed by atoms with Gasteiger partial charge in [0.2, 0.25) is 0 Å². The number of aliphatic imine (C=N–C) groups is 1. The fourth-order valence-corrected chi connectivity index (χ4v) is 4.01. The maximum atomic E-state index is 12.8. The van der Waals surface area contributed by atoms with Crippen LogP contribution in [0.1, 0.15) is 58.1 Å². The van der Waals surface area contributed by atoms with Crippen LogP contribution in [-0.4, -0.2) is 61.9 Å². The molecule has 7 nitrogen and oxygen atoms in total. The van der Waals surface area contributed by atoms with Crippen molar-refractivity contribution in [1.82, 2.24) is 10.2 Å². The fourth-order valence-electron chi connectivity index (χ4n) is 4.01. The topological polar surface area (TPSA) is 66.4 Å². The minimum absolute atomic E-state index is 0.237. The molecular formula is C25H40N4O3. The maximum Gasteiger partial charge on any atom is 0.415 e. The van der Waals surface area contributed by atoms with E-state index in [9.17, 15) is 4.79 Å². The lowest BCUT2D eigenvalue weighted by Crippen LogP contribution is -2.41. The molecule has 2 aliphatic rings. The summed E-state index contributed by atoms with van der Waals surface area (Å²) >= 11 is 0. The molecule has 1 saturated heterocycles. The number of ether oxygens (including phenoxy) is 2. The van der Waals surface area contributed by atoms with Crippen LogP contribution >= 0.6 is 0 Å². The summed E-state index contributed by atoms with van der Waals surface area (Å²) in [7, 11) is 2.09. The van der Waals surface area contributed by atoms with Gasteiger partial charge in [-0.25, -0.2) is 9.79 Å². The number of carbonyl (C=O) groups is 1. The zero-order valence-electron chi connectivity index (χ0n) is 20.6. The van der Waals surface area contributed by atoms with Crippen LogP contribution in [0.15, 0.2) is 23.2 Å². The Hall–Kier alpha value is -2.28. The van der Waals surface area contributed by atoms with Crippen LogP contribution in [0.4, 0.5) is 10.5 Å². The average molecular weight is 445 g/mol. The summed E-state index contributed by atoms with van der Waals surface area (Å²) in [5.74, 6) is 1.47. The lowest BCUT2D eigenvalue weighted by molar-refractivity contribution is 0.0577. The van der Waals surface area contributed by atoms with E-state index in [1.165, 1.54) is 0 Å². The number of rotatable bonds is 7. The largest absolute Gasteiger partial charge is 0.443 e. The number of nitrogens with zero attached hydrogens (tertiary/aromatic N) is 3. The molecule has 32 heavy (non-hydrogen) atoms. The Morgan fingerprint density at radius 3 is 2.59 bits per heavy atom. The molecule has 2 fully saturated rings. The molecule has 0 bridgehead atoms. The Morgan fingerprint density at radius 1 is 1.28 bits per heavy atom. The summed E-state index contributed by atoms with van der Waals surface area (Å²) in [4.78, 5) is 21.7. The lowest BCUT2D eigenvalue weighted by Gasteiger charge is -2.28. The molecule has 1 aliphatic carbocycles. The molecule has 1 heterocycles. The number of hydrogen-bond acceptors (Lipinski definition) is 4. The number of carbonyl (C=O) groups excluding carboxylic acids is 1. The highest BCUT2D eigenvalue weighted by molar-refractivity contribution is 5.90. The first-order valence-electron chi connectivity index (χ1n) is 11.9. The Morgan fingerprint density at radius 2 is 2.03 bits per heavy atom. The van der Waals surface area contributed by atoms with Crippen molar-refractivity contribution < 1.29 is 14.3 Å². The first-order valence-corrected chi connectivity index (χ1v) is 11.9. The minimum atomic E-state index is -0.508. The van der Waals surface area contributed by atoms with Crippen molar-refractivity contribution in [3.05, 3.63) is 29.3 Å². The number of benzene rings is 1. The smallest absolute Gasteiger partial charge is 0.415 e. The Bertz CT molecular complexity index is 808. The van der Waals surface area contributed by atoms with Gasteiger partial charge in [0.1, 0.15) is 5.60 Å². The summed E-state index contributed by atoms with van der Waals surface area (Å²) < 4.78 is 11.2. The Kier molecular flexibility index (Phi) is 8.04. The molecule has 1 N–H and O–H groups in total. The van der Waals surface area contributed by atoms with Gasteiger partial charge >= 0.3 is 6.09 Å². The van der Waals surface area contributed by atoms with Crippen LogP contribution < -0.4 is 10.2 Å². The average Bonchev–Trinajstić information content (AvgIpc) is 3.40. The molecule has 1 unspecified atom stereocenters. The van der Waals surface area contributed by atoms with Gasteiger partial charge in [0, 0.05) is 38.7 Å². The second-order valence-electron chi connectivity index (χ2n) is 9.98. The summed E-state index contributed by atoms with van der Waals surface area (Å²) in [6.45, 7) is 13.9. The molecule has 1 aromatic carbocycles. The Labute approximate surface area is 193 Å². The zero-order chi connectivity index (χ0) is 23.3. The Balaban J connectivity index is 1.70. The van der Waals surface area contributed by atoms with Crippen molar-refractivity contribution in [3.63, 3.8) is 0 Å². The second kappa shape index (κ2) is 10.6. The van der Waals surface area contributed by atoms with Gasteiger partial charge in [-0.1, -0.05) is 12.1 Å². The molecule has 1 aliphatic heterocycles. The third kappa shape index (κ3) is 6.86. The van der Waals surface area contributed by atoms with E-state index >= 15 is 0 Å². The highest BCUT2D eigenvalue weighted by Crippen LogP contribution is 2.35. The van der Waals surface area contributed by atoms with E-state index in [0.29, 0.717) is 12.5 Å². The molecule has 3 rings (SSSR count). The molecule has 0 radical (unpaired) electrons. The van der Waals surface area contributed by atoms with Crippen LogP contribution in [0, 0.1) is 12.8 Å². The van der Waals surface area contributed by atoms with Gasteiger partial charge < -0.3 is 19.7 Å². The van der Waals surface area contributed by atoms with Crippen molar-refractivity contribution in [2.45, 2.75) is 72.1 Å². The lowest BCUT2D eigenvalue weighted by atomic mass is 10.1. The quantitative estimate of drug-likeness (QED) is 0.501. The number of aryl methyl sites for hydroxylation is 1. The first kappa shape index (κ1) is 24.4. The van der Waals surface area contributed by atoms with Crippen LogP contribution in [-0.2, 0) is 16.0 Å². The maximum absolute atomic E-state index is 12.8. The van der Waals surface area contributed by atoms with Crippen molar-refractivity contribution in [1.29, 1.82) is 0 Å². The molecule has 7 heteroatoms. The van der Waals surface area contributed by atoms with E-state index in [1.807, 2.05) is 31.7 Å². The van der Waals surface area contributed by atoms with Gasteiger partial charge in [-0.15, -0.1) is 0 Å².